The van der Waals surface area contributed by atoms with Gasteiger partial charge in [-0.05, 0) is 55.2 Å². The Morgan fingerprint density at radius 3 is 2.60 bits per heavy atom. The Bertz CT molecular complexity index is 921. The van der Waals surface area contributed by atoms with Crippen molar-refractivity contribution in [3.63, 3.8) is 0 Å². The predicted molar refractivity (Wildman–Crippen MR) is 119 cm³/mol. The van der Waals surface area contributed by atoms with Gasteiger partial charge in [0, 0.05) is 24.4 Å². The maximum atomic E-state index is 12.8. The number of nitrogens with zero attached hydrogens (tertiary/aromatic N) is 1. The lowest BCUT2D eigenvalue weighted by atomic mass is 10.0. The average Bonchev–Trinajstić information content (AvgIpc) is 3.54. The SMILES string of the molecule is N[C@H](C(=O)N[C@H](/C=C/C(=O)N1CCc2ccccc21)CCc1ccccc1)C1CC1. The number of nitrogens with two attached hydrogens (primary N) is 1. The Kier molecular flexibility index (Phi) is 6.29. The Hall–Kier alpha value is -2.92. The van der Waals surface area contributed by atoms with Crippen molar-refractivity contribution in [3.05, 3.63) is 77.9 Å². The van der Waals surface area contributed by atoms with Crippen LogP contribution in [0.1, 0.15) is 30.4 Å². The van der Waals surface area contributed by atoms with Crippen molar-refractivity contribution in [2.45, 2.75) is 44.2 Å². The zero-order valence-corrected chi connectivity index (χ0v) is 17.2. The summed E-state index contributed by atoms with van der Waals surface area (Å²) in [4.78, 5) is 27.2. The smallest absolute Gasteiger partial charge is 0.250 e. The minimum Gasteiger partial charge on any atom is -0.349 e. The lowest BCUT2D eigenvalue weighted by molar-refractivity contribution is -0.123. The normalized spacial score (nSPS) is 17.6. The van der Waals surface area contributed by atoms with Crippen LogP contribution in [0.25, 0.3) is 0 Å². The monoisotopic (exact) mass is 403 g/mol. The van der Waals surface area contributed by atoms with Gasteiger partial charge in [0.2, 0.25) is 5.91 Å². The fraction of sp³-hybridized carbons (Fsp3) is 0.360. The third kappa shape index (κ3) is 4.97. The van der Waals surface area contributed by atoms with Crippen LogP contribution >= 0.6 is 0 Å². The second-order valence-electron chi connectivity index (χ2n) is 8.23. The molecule has 3 N–H and O–H groups in total. The van der Waals surface area contributed by atoms with Crippen LogP contribution in [0.5, 0.6) is 0 Å². The number of nitrogens with one attached hydrogen (secondary N) is 1. The Labute approximate surface area is 178 Å². The first-order chi connectivity index (χ1) is 14.6. The molecule has 0 bridgehead atoms. The molecule has 5 heteroatoms. The molecule has 5 nitrogen and oxygen atoms in total. The first kappa shape index (κ1) is 20.4. The zero-order chi connectivity index (χ0) is 20.9. The van der Waals surface area contributed by atoms with Gasteiger partial charge in [0.05, 0.1) is 6.04 Å². The van der Waals surface area contributed by atoms with Crippen molar-refractivity contribution >= 4 is 17.5 Å². The van der Waals surface area contributed by atoms with Crippen molar-refractivity contribution in [1.82, 2.24) is 5.32 Å². The van der Waals surface area contributed by atoms with E-state index in [1.54, 1.807) is 11.0 Å². The summed E-state index contributed by atoms with van der Waals surface area (Å²) in [6.45, 7) is 0.691. The standard InChI is InChI=1S/C25H29N3O2/c26-24(20-11-12-20)25(30)27-21(13-10-18-6-2-1-3-7-18)14-15-23(29)28-17-16-19-8-4-5-9-22(19)28/h1-9,14-15,20-21,24H,10-13,16-17,26H2,(H,27,30)/b15-14+/t21-,24-/m0/s1. The molecule has 1 aliphatic carbocycles. The van der Waals surface area contributed by atoms with Crippen LogP contribution in [0.4, 0.5) is 5.69 Å². The van der Waals surface area contributed by atoms with Crippen LogP contribution in [0.2, 0.25) is 0 Å². The molecule has 0 spiro atoms. The van der Waals surface area contributed by atoms with Crippen molar-refractivity contribution in [2.24, 2.45) is 11.7 Å². The zero-order valence-electron chi connectivity index (χ0n) is 17.2. The number of amides is 2. The van der Waals surface area contributed by atoms with E-state index in [4.69, 9.17) is 5.73 Å². The predicted octanol–water partition coefficient (Wildman–Crippen LogP) is 2.99. The fourth-order valence-electron chi connectivity index (χ4n) is 3.99. The van der Waals surface area contributed by atoms with Gasteiger partial charge in [-0.15, -0.1) is 0 Å². The molecule has 0 radical (unpaired) electrons. The minimum absolute atomic E-state index is 0.0506. The van der Waals surface area contributed by atoms with E-state index in [2.05, 4.69) is 23.5 Å². The highest BCUT2D eigenvalue weighted by atomic mass is 16.2. The van der Waals surface area contributed by atoms with Crippen LogP contribution in [0.3, 0.4) is 0 Å². The highest BCUT2D eigenvalue weighted by molar-refractivity contribution is 6.03. The van der Waals surface area contributed by atoms with Gasteiger partial charge in [0.1, 0.15) is 0 Å². The summed E-state index contributed by atoms with van der Waals surface area (Å²) in [5, 5.41) is 3.05. The van der Waals surface area contributed by atoms with Crippen LogP contribution in [0.15, 0.2) is 66.7 Å². The molecule has 1 saturated carbocycles. The molecule has 1 aliphatic heterocycles. The average molecular weight is 404 g/mol. The van der Waals surface area contributed by atoms with Gasteiger partial charge in [-0.2, -0.15) is 0 Å². The molecule has 156 valence electrons. The summed E-state index contributed by atoms with van der Waals surface area (Å²) in [6.07, 6.45) is 7.87. The third-order valence-corrected chi connectivity index (χ3v) is 5.97. The third-order valence-electron chi connectivity index (χ3n) is 5.97. The Morgan fingerprint density at radius 1 is 1.10 bits per heavy atom. The molecule has 0 saturated heterocycles. The molecule has 2 aromatic carbocycles. The molecule has 2 amide bonds. The van der Waals surface area contributed by atoms with E-state index >= 15 is 0 Å². The first-order valence-corrected chi connectivity index (χ1v) is 10.8. The second-order valence-corrected chi connectivity index (χ2v) is 8.23. The van der Waals surface area contributed by atoms with E-state index in [0.29, 0.717) is 18.9 Å². The number of benzene rings is 2. The molecular formula is C25H29N3O2. The van der Waals surface area contributed by atoms with Crippen molar-refractivity contribution < 1.29 is 9.59 Å². The van der Waals surface area contributed by atoms with Crippen molar-refractivity contribution in [3.8, 4) is 0 Å². The highest BCUT2D eigenvalue weighted by Gasteiger charge is 2.33. The number of carbonyl (C=O) groups is 2. The van der Waals surface area contributed by atoms with E-state index in [1.807, 2.05) is 42.5 Å². The van der Waals surface area contributed by atoms with E-state index in [0.717, 1.165) is 31.4 Å². The number of hydrogen-bond donors (Lipinski definition) is 2. The van der Waals surface area contributed by atoms with Crippen LogP contribution in [-0.2, 0) is 22.4 Å². The molecule has 1 heterocycles. The van der Waals surface area contributed by atoms with Crippen LogP contribution < -0.4 is 16.0 Å². The van der Waals surface area contributed by atoms with Crippen LogP contribution in [-0.4, -0.2) is 30.4 Å². The molecule has 0 unspecified atom stereocenters. The molecule has 1 fully saturated rings. The number of anilines is 1. The van der Waals surface area contributed by atoms with E-state index in [-0.39, 0.29) is 17.9 Å². The lowest BCUT2D eigenvalue weighted by Crippen LogP contribution is -2.46. The van der Waals surface area contributed by atoms with E-state index < -0.39 is 6.04 Å². The summed E-state index contributed by atoms with van der Waals surface area (Å²) < 4.78 is 0. The van der Waals surface area contributed by atoms with Gasteiger partial charge in [-0.3, -0.25) is 9.59 Å². The number of para-hydroxylation sites is 1. The molecule has 2 atom stereocenters. The summed E-state index contributed by atoms with van der Waals surface area (Å²) in [5.74, 6) is 0.121. The number of carbonyl (C=O) groups excluding carboxylic acids is 2. The highest BCUT2D eigenvalue weighted by Crippen LogP contribution is 2.31. The second kappa shape index (κ2) is 9.26. The van der Waals surface area contributed by atoms with Gasteiger partial charge < -0.3 is 16.0 Å². The molecule has 30 heavy (non-hydrogen) atoms. The summed E-state index contributed by atoms with van der Waals surface area (Å²) in [5.41, 5.74) is 9.46. The molecule has 4 rings (SSSR count). The maximum absolute atomic E-state index is 12.8. The molecule has 2 aromatic rings. The van der Waals surface area contributed by atoms with E-state index in [1.165, 1.54) is 11.1 Å². The number of fused-ring (bicyclic) bond motifs is 1. The van der Waals surface area contributed by atoms with Crippen molar-refractivity contribution in [2.75, 3.05) is 11.4 Å². The van der Waals surface area contributed by atoms with Gasteiger partial charge in [-0.1, -0.05) is 54.6 Å². The topological polar surface area (TPSA) is 75.4 Å². The number of rotatable bonds is 8. The summed E-state index contributed by atoms with van der Waals surface area (Å²) >= 11 is 0. The maximum Gasteiger partial charge on any atom is 0.250 e. The quantitative estimate of drug-likeness (QED) is 0.666. The lowest BCUT2D eigenvalue weighted by Gasteiger charge is -2.19. The van der Waals surface area contributed by atoms with E-state index in [9.17, 15) is 9.59 Å². The summed E-state index contributed by atoms with van der Waals surface area (Å²) in [6, 6.07) is 17.5. The molecular weight excluding hydrogens is 374 g/mol. The van der Waals surface area contributed by atoms with Gasteiger partial charge in [0.15, 0.2) is 0 Å². The van der Waals surface area contributed by atoms with Gasteiger partial charge in [-0.25, -0.2) is 0 Å². The fourth-order valence-corrected chi connectivity index (χ4v) is 3.99. The van der Waals surface area contributed by atoms with Gasteiger partial charge >= 0.3 is 0 Å². The number of hydrogen-bond acceptors (Lipinski definition) is 3. The van der Waals surface area contributed by atoms with Crippen molar-refractivity contribution in [1.29, 1.82) is 0 Å². The molecule has 2 aliphatic rings. The summed E-state index contributed by atoms with van der Waals surface area (Å²) in [7, 11) is 0. The molecule has 0 aromatic heterocycles. The largest absolute Gasteiger partial charge is 0.349 e. The Morgan fingerprint density at radius 2 is 1.83 bits per heavy atom. The Balaban J connectivity index is 1.42. The van der Waals surface area contributed by atoms with Crippen LogP contribution in [0, 0.1) is 5.92 Å². The minimum atomic E-state index is -0.459. The number of aryl methyl sites for hydroxylation is 1. The first-order valence-electron chi connectivity index (χ1n) is 10.8. The van der Waals surface area contributed by atoms with Gasteiger partial charge in [0.25, 0.3) is 5.91 Å².